The molecule has 1 atom stereocenters. The summed E-state index contributed by atoms with van der Waals surface area (Å²) in [5.41, 5.74) is 0. The maximum atomic E-state index is 11.5. The molecule has 0 aliphatic carbocycles. The molecular formula is C12H18N2O3S. The largest absolute Gasteiger partial charge is 0.394 e. The van der Waals surface area contributed by atoms with E-state index < -0.39 is 0 Å². The molecule has 18 heavy (non-hydrogen) atoms. The van der Waals surface area contributed by atoms with Gasteiger partial charge in [-0.2, -0.15) is 0 Å². The van der Waals surface area contributed by atoms with E-state index in [-0.39, 0.29) is 24.5 Å². The quantitative estimate of drug-likeness (QED) is 0.640. The van der Waals surface area contributed by atoms with Crippen LogP contribution < -0.4 is 10.6 Å². The van der Waals surface area contributed by atoms with Gasteiger partial charge in [0.15, 0.2) is 0 Å². The standard InChI is InChI=1S/C12H18N2O3S/c1-9(8-15)14-11(16)5-2-6-13-12(17)10-4-3-7-18-10/h3-4,7,9,15H,2,5-6,8H2,1H3,(H,13,17)(H,14,16). The number of aliphatic hydroxyl groups is 1. The summed E-state index contributed by atoms with van der Waals surface area (Å²) >= 11 is 1.39. The van der Waals surface area contributed by atoms with Crippen molar-refractivity contribution in [1.29, 1.82) is 0 Å². The van der Waals surface area contributed by atoms with E-state index in [9.17, 15) is 9.59 Å². The van der Waals surface area contributed by atoms with Crippen LogP contribution in [0.2, 0.25) is 0 Å². The average Bonchev–Trinajstić information content (AvgIpc) is 2.88. The average molecular weight is 270 g/mol. The first kappa shape index (κ1) is 14.7. The molecule has 3 N–H and O–H groups in total. The first-order chi connectivity index (χ1) is 8.63. The van der Waals surface area contributed by atoms with E-state index in [0.717, 1.165) is 0 Å². The molecule has 0 aromatic carbocycles. The Bertz CT molecular complexity index is 379. The molecule has 1 heterocycles. The second kappa shape index (κ2) is 7.84. The highest BCUT2D eigenvalue weighted by molar-refractivity contribution is 7.12. The summed E-state index contributed by atoms with van der Waals surface area (Å²) < 4.78 is 0. The molecule has 0 saturated heterocycles. The number of thiophene rings is 1. The van der Waals surface area contributed by atoms with Crippen LogP contribution in [0.1, 0.15) is 29.4 Å². The SMILES string of the molecule is CC(CO)NC(=O)CCCNC(=O)c1cccs1. The van der Waals surface area contributed by atoms with Gasteiger partial charge in [0.2, 0.25) is 5.91 Å². The van der Waals surface area contributed by atoms with Crippen molar-refractivity contribution >= 4 is 23.2 Å². The van der Waals surface area contributed by atoms with Gasteiger partial charge in [-0.05, 0) is 24.8 Å². The van der Waals surface area contributed by atoms with Crippen molar-refractivity contribution in [2.75, 3.05) is 13.2 Å². The Morgan fingerprint density at radius 3 is 2.89 bits per heavy atom. The van der Waals surface area contributed by atoms with Crippen LogP contribution in [0.25, 0.3) is 0 Å². The maximum absolute atomic E-state index is 11.5. The highest BCUT2D eigenvalue weighted by Crippen LogP contribution is 2.07. The summed E-state index contributed by atoms with van der Waals surface area (Å²) in [6.45, 7) is 2.13. The third kappa shape index (κ3) is 5.29. The van der Waals surface area contributed by atoms with Crippen molar-refractivity contribution in [2.45, 2.75) is 25.8 Å². The van der Waals surface area contributed by atoms with Crippen LogP contribution in [0.3, 0.4) is 0 Å². The van der Waals surface area contributed by atoms with Crippen LogP contribution >= 0.6 is 11.3 Å². The Kier molecular flexibility index (Phi) is 6.38. The maximum Gasteiger partial charge on any atom is 0.261 e. The molecule has 0 bridgehead atoms. The summed E-state index contributed by atoms with van der Waals surface area (Å²) in [6, 6.07) is 3.36. The molecule has 5 nitrogen and oxygen atoms in total. The Morgan fingerprint density at radius 2 is 2.28 bits per heavy atom. The van der Waals surface area contributed by atoms with Crippen molar-refractivity contribution < 1.29 is 14.7 Å². The van der Waals surface area contributed by atoms with E-state index in [4.69, 9.17) is 5.11 Å². The summed E-state index contributed by atoms with van der Waals surface area (Å²) in [5.74, 6) is -0.212. The minimum absolute atomic E-state index is 0.0686. The monoisotopic (exact) mass is 270 g/mol. The Balaban J connectivity index is 2.12. The van der Waals surface area contributed by atoms with Crippen molar-refractivity contribution in [3.05, 3.63) is 22.4 Å². The molecule has 0 saturated carbocycles. The smallest absolute Gasteiger partial charge is 0.261 e. The van der Waals surface area contributed by atoms with Crippen molar-refractivity contribution in [3.8, 4) is 0 Å². The molecule has 0 aliphatic rings. The number of amides is 2. The zero-order valence-corrected chi connectivity index (χ0v) is 11.1. The first-order valence-corrected chi connectivity index (χ1v) is 6.73. The van der Waals surface area contributed by atoms with Gasteiger partial charge in [0.05, 0.1) is 11.5 Å². The van der Waals surface area contributed by atoms with Crippen molar-refractivity contribution in [1.82, 2.24) is 10.6 Å². The minimum atomic E-state index is -0.224. The van der Waals surface area contributed by atoms with Gasteiger partial charge in [0.25, 0.3) is 5.91 Å². The lowest BCUT2D eigenvalue weighted by Crippen LogP contribution is -2.35. The van der Waals surface area contributed by atoms with Crippen molar-refractivity contribution in [3.63, 3.8) is 0 Å². The van der Waals surface area contributed by atoms with E-state index in [1.54, 1.807) is 13.0 Å². The third-order valence-electron chi connectivity index (χ3n) is 2.29. The lowest BCUT2D eigenvalue weighted by Gasteiger charge is -2.10. The normalized spacial score (nSPS) is 11.9. The Morgan fingerprint density at radius 1 is 1.50 bits per heavy atom. The molecule has 0 radical (unpaired) electrons. The molecule has 6 heteroatoms. The zero-order valence-electron chi connectivity index (χ0n) is 10.3. The van der Waals surface area contributed by atoms with Gasteiger partial charge in [0.1, 0.15) is 0 Å². The highest BCUT2D eigenvalue weighted by Gasteiger charge is 2.07. The second-order valence-electron chi connectivity index (χ2n) is 3.99. The molecular weight excluding hydrogens is 252 g/mol. The topological polar surface area (TPSA) is 78.4 Å². The Labute approximate surface area is 110 Å². The molecule has 1 rings (SSSR count). The summed E-state index contributed by atoms with van der Waals surface area (Å²) in [6.07, 6.45) is 0.927. The van der Waals surface area contributed by atoms with E-state index >= 15 is 0 Å². The molecule has 0 fully saturated rings. The van der Waals surface area contributed by atoms with Crippen LogP contribution in [0.5, 0.6) is 0 Å². The van der Waals surface area contributed by atoms with E-state index in [2.05, 4.69) is 10.6 Å². The number of hydrogen-bond donors (Lipinski definition) is 3. The lowest BCUT2D eigenvalue weighted by atomic mass is 10.2. The summed E-state index contributed by atoms with van der Waals surface area (Å²) in [7, 11) is 0. The van der Waals surface area contributed by atoms with Gasteiger partial charge in [-0.3, -0.25) is 9.59 Å². The van der Waals surface area contributed by atoms with Gasteiger partial charge >= 0.3 is 0 Å². The minimum Gasteiger partial charge on any atom is -0.394 e. The number of carbonyl (C=O) groups excluding carboxylic acids is 2. The third-order valence-corrected chi connectivity index (χ3v) is 3.16. The zero-order chi connectivity index (χ0) is 13.4. The van der Waals surface area contributed by atoms with Gasteiger partial charge < -0.3 is 15.7 Å². The fourth-order valence-corrected chi connectivity index (χ4v) is 1.98. The molecule has 100 valence electrons. The first-order valence-electron chi connectivity index (χ1n) is 5.85. The predicted molar refractivity (Wildman–Crippen MR) is 70.6 cm³/mol. The van der Waals surface area contributed by atoms with Gasteiger partial charge in [-0.1, -0.05) is 6.07 Å². The van der Waals surface area contributed by atoms with Gasteiger partial charge in [-0.25, -0.2) is 0 Å². The molecule has 0 spiro atoms. The van der Waals surface area contributed by atoms with Gasteiger partial charge in [-0.15, -0.1) is 11.3 Å². The number of hydrogen-bond acceptors (Lipinski definition) is 4. The molecule has 1 aromatic heterocycles. The molecule has 2 amide bonds. The van der Waals surface area contributed by atoms with Crippen LogP contribution in [0.4, 0.5) is 0 Å². The van der Waals surface area contributed by atoms with Crippen LogP contribution in [0, 0.1) is 0 Å². The van der Waals surface area contributed by atoms with Crippen LogP contribution in [-0.4, -0.2) is 36.1 Å². The van der Waals surface area contributed by atoms with E-state index in [1.165, 1.54) is 11.3 Å². The van der Waals surface area contributed by atoms with Crippen LogP contribution in [-0.2, 0) is 4.79 Å². The molecule has 1 unspecified atom stereocenters. The summed E-state index contributed by atoms with van der Waals surface area (Å²) in [4.78, 5) is 23.6. The highest BCUT2D eigenvalue weighted by atomic mass is 32.1. The number of nitrogens with one attached hydrogen (secondary N) is 2. The fourth-order valence-electron chi connectivity index (χ4n) is 1.34. The fraction of sp³-hybridized carbons (Fsp3) is 0.500. The van der Waals surface area contributed by atoms with Crippen LogP contribution in [0.15, 0.2) is 17.5 Å². The van der Waals surface area contributed by atoms with E-state index in [0.29, 0.717) is 24.3 Å². The summed E-state index contributed by atoms with van der Waals surface area (Å²) in [5, 5.41) is 16.0. The Hall–Kier alpha value is -1.40. The number of carbonyl (C=O) groups is 2. The second-order valence-corrected chi connectivity index (χ2v) is 4.94. The predicted octanol–water partition coefficient (Wildman–Crippen LogP) is 0.755. The van der Waals surface area contributed by atoms with Gasteiger partial charge in [0, 0.05) is 19.0 Å². The molecule has 0 aliphatic heterocycles. The van der Waals surface area contributed by atoms with Crippen molar-refractivity contribution in [2.24, 2.45) is 0 Å². The number of rotatable bonds is 7. The lowest BCUT2D eigenvalue weighted by molar-refractivity contribution is -0.122. The number of aliphatic hydroxyl groups excluding tert-OH is 1. The molecule has 1 aromatic rings. The van der Waals surface area contributed by atoms with E-state index in [1.807, 2.05) is 11.4 Å².